The molecule has 1 N–H and O–H groups in total. The summed E-state index contributed by atoms with van der Waals surface area (Å²) in [7, 11) is 0. The molecule has 0 radical (unpaired) electrons. The maximum Gasteiger partial charge on any atom is 0.0303 e. The minimum atomic E-state index is 0.311. The third kappa shape index (κ3) is 2.71. The molecule has 1 saturated heterocycles. The number of rotatable bonds is 5. The Kier molecular flexibility index (Phi) is 4.39. The van der Waals surface area contributed by atoms with Crippen molar-refractivity contribution in [2.75, 3.05) is 19.6 Å². The van der Waals surface area contributed by atoms with Crippen molar-refractivity contribution < 1.29 is 0 Å². The quantitative estimate of drug-likeness (QED) is 0.729. The highest BCUT2D eigenvalue weighted by Gasteiger charge is 2.33. The molecule has 0 spiro atoms. The van der Waals surface area contributed by atoms with Crippen LogP contribution in [0.5, 0.6) is 0 Å². The van der Waals surface area contributed by atoms with E-state index in [1.165, 1.54) is 32.4 Å². The Bertz CT molecular complexity index is 160. The number of hydrogen-bond acceptors (Lipinski definition) is 2. The summed E-state index contributed by atoms with van der Waals surface area (Å²) in [6, 6.07) is 0.584. The van der Waals surface area contributed by atoms with Crippen molar-refractivity contribution in [3.8, 4) is 0 Å². The van der Waals surface area contributed by atoms with Crippen molar-refractivity contribution in [1.29, 1.82) is 0 Å². The van der Waals surface area contributed by atoms with E-state index in [0.29, 0.717) is 11.6 Å². The van der Waals surface area contributed by atoms with Gasteiger partial charge in [0.2, 0.25) is 0 Å². The molecule has 0 saturated carbocycles. The zero-order valence-electron chi connectivity index (χ0n) is 10.3. The summed E-state index contributed by atoms with van der Waals surface area (Å²) in [4.78, 5) is 2.63. The summed E-state index contributed by atoms with van der Waals surface area (Å²) in [5.74, 6) is 0. The van der Waals surface area contributed by atoms with Gasteiger partial charge in [-0.25, -0.2) is 0 Å². The number of nitrogens with one attached hydrogen (secondary N) is 1. The summed E-state index contributed by atoms with van der Waals surface area (Å²) in [5.41, 5.74) is 0.311. The summed E-state index contributed by atoms with van der Waals surface area (Å²) < 4.78 is 0. The summed E-state index contributed by atoms with van der Waals surface area (Å²) in [6.07, 6.45) is 3.98. The molecule has 1 atom stereocenters. The van der Waals surface area contributed by atoms with Crippen molar-refractivity contribution in [3.63, 3.8) is 0 Å². The molecule has 0 aliphatic carbocycles. The van der Waals surface area contributed by atoms with Gasteiger partial charge in [0.1, 0.15) is 0 Å². The maximum absolute atomic E-state index is 3.61. The topological polar surface area (TPSA) is 15.3 Å². The van der Waals surface area contributed by atoms with Crippen molar-refractivity contribution in [3.05, 3.63) is 0 Å². The molecule has 0 aromatic carbocycles. The van der Waals surface area contributed by atoms with Gasteiger partial charge in [-0.05, 0) is 59.7 Å². The molecule has 0 bridgehead atoms. The van der Waals surface area contributed by atoms with E-state index in [-0.39, 0.29) is 0 Å². The van der Waals surface area contributed by atoms with Crippen LogP contribution in [0, 0.1) is 0 Å². The van der Waals surface area contributed by atoms with E-state index in [2.05, 4.69) is 37.9 Å². The lowest BCUT2D eigenvalue weighted by molar-refractivity contribution is 0.114. The summed E-state index contributed by atoms with van der Waals surface area (Å²) in [5, 5.41) is 3.61. The smallest absolute Gasteiger partial charge is 0.0303 e. The second-order valence-electron chi connectivity index (χ2n) is 5.02. The Morgan fingerprint density at radius 1 is 1.29 bits per heavy atom. The highest BCUT2D eigenvalue weighted by Crippen LogP contribution is 2.23. The van der Waals surface area contributed by atoms with Crippen LogP contribution in [0.1, 0.15) is 47.0 Å². The predicted octanol–water partition coefficient (Wildman–Crippen LogP) is 2.25. The van der Waals surface area contributed by atoms with Gasteiger partial charge < -0.3 is 5.32 Å². The number of likely N-dealkylation sites (tertiary alicyclic amines) is 1. The first-order valence-corrected chi connectivity index (χ1v) is 6.07. The standard InChI is InChI=1S/C12H26N2/c1-5-8-13-11(2)12(3,4)14-9-6-7-10-14/h11,13H,5-10H2,1-4H3. The van der Waals surface area contributed by atoms with Crippen LogP contribution >= 0.6 is 0 Å². The molecule has 2 nitrogen and oxygen atoms in total. The monoisotopic (exact) mass is 198 g/mol. The van der Waals surface area contributed by atoms with E-state index in [1.807, 2.05) is 0 Å². The lowest BCUT2D eigenvalue weighted by Gasteiger charge is -2.41. The zero-order valence-corrected chi connectivity index (χ0v) is 10.3. The SMILES string of the molecule is CCCNC(C)C(C)(C)N1CCCC1. The molecule has 1 aliphatic rings. The lowest BCUT2D eigenvalue weighted by Crippen LogP contribution is -2.55. The van der Waals surface area contributed by atoms with Crippen LogP contribution < -0.4 is 5.32 Å². The Morgan fingerprint density at radius 3 is 2.36 bits per heavy atom. The van der Waals surface area contributed by atoms with Gasteiger partial charge in [-0.3, -0.25) is 4.90 Å². The first-order chi connectivity index (χ1) is 6.59. The molecular weight excluding hydrogens is 172 g/mol. The van der Waals surface area contributed by atoms with E-state index in [1.54, 1.807) is 0 Å². The van der Waals surface area contributed by atoms with E-state index >= 15 is 0 Å². The van der Waals surface area contributed by atoms with Crippen LogP contribution in [-0.4, -0.2) is 36.1 Å². The molecule has 2 heteroatoms. The van der Waals surface area contributed by atoms with Crippen molar-refractivity contribution in [2.24, 2.45) is 0 Å². The highest BCUT2D eigenvalue weighted by atomic mass is 15.2. The molecule has 1 unspecified atom stereocenters. The molecule has 1 aliphatic heterocycles. The minimum Gasteiger partial charge on any atom is -0.312 e. The lowest BCUT2D eigenvalue weighted by atomic mass is 9.94. The Labute approximate surface area is 89.1 Å². The molecule has 0 aromatic rings. The van der Waals surface area contributed by atoms with Gasteiger partial charge in [-0.15, -0.1) is 0 Å². The Morgan fingerprint density at radius 2 is 1.86 bits per heavy atom. The summed E-state index contributed by atoms with van der Waals surface area (Å²) in [6.45, 7) is 13.0. The van der Waals surface area contributed by atoms with Gasteiger partial charge in [0.25, 0.3) is 0 Å². The average molecular weight is 198 g/mol. The van der Waals surface area contributed by atoms with E-state index in [4.69, 9.17) is 0 Å². The van der Waals surface area contributed by atoms with E-state index in [9.17, 15) is 0 Å². The molecule has 1 rings (SSSR count). The molecule has 1 fully saturated rings. The second kappa shape index (κ2) is 5.13. The first kappa shape index (κ1) is 12.0. The minimum absolute atomic E-state index is 0.311. The van der Waals surface area contributed by atoms with Gasteiger partial charge in [0.05, 0.1) is 0 Å². The van der Waals surface area contributed by atoms with E-state index < -0.39 is 0 Å². The molecule has 0 aromatic heterocycles. The first-order valence-electron chi connectivity index (χ1n) is 6.07. The van der Waals surface area contributed by atoms with Crippen LogP contribution in [0.15, 0.2) is 0 Å². The van der Waals surface area contributed by atoms with Gasteiger partial charge >= 0.3 is 0 Å². The molecule has 0 amide bonds. The van der Waals surface area contributed by atoms with Crippen LogP contribution in [0.25, 0.3) is 0 Å². The van der Waals surface area contributed by atoms with Crippen LogP contribution in [0.3, 0.4) is 0 Å². The maximum atomic E-state index is 3.61. The highest BCUT2D eigenvalue weighted by molar-refractivity contribution is 4.92. The predicted molar refractivity (Wildman–Crippen MR) is 62.6 cm³/mol. The average Bonchev–Trinajstić information content (AvgIpc) is 2.67. The van der Waals surface area contributed by atoms with E-state index in [0.717, 1.165) is 6.54 Å². The van der Waals surface area contributed by atoms with Crippen molar-refractivity contribution in [2.45, 2.75) is 58.5 Å². The van der Waals surface area contributed by atoms with Crippen LogP contribution in [-0.2, 0) is 0 Å². The normalized spacial score (nSPS) is 21.4. The zero-order chi connectivity index (χ0) is 10.6. The molecule has 84 valence electrons. The summed E-state index contributed by atoms with van der Waals surface area (Å²) >= 11 is 0. The fourth-order valence-corrected chi connectivity index (χ4v) is 2.18. The molecule has 14 heavy (non-hydrogen) atoms. The fourth-order valence-electron chi connectivity index (χ4n) is 2.18. The van der Waals surface area contributed by atoms with Gasteiger partial charge in [-0.2, -0.15) is 0 Å². The van der Waals surface area contributed by atoms with Gasteiger partial charge in [-0.1, -0.05) is 6.92 Å². The third-order valence-corrected chi connectivity index (χ3v) is 3.68. The Balaban J connectivity index is 2.44. The molecular formula is C12H26N2. The van der Waals surface area contributed by atoms with Crippen molar-refractivity contribution >= 4 is 0 Å². The number of nitrogens with zero attached hydrogens (tertiary/aromatic N) is 1. The van der Waals surface area contributed by atoms with Gasteiger partial charge in [0.15, 0.2) is 0 Å². The fraction of sp³-hybridized carbons (Fsp3) is 1.00. The Hall–Kier alpha value is -0.0800. The largest absolute Gasteiger partial charge is 0.312 e. The number of hydrogen-bond donors (Lipinski definition) is 1. The van der Waals surface area contributed by atoms with Crippen LogP contribution in [0.2, 0.25) is 0 Å². The molecule has 1 heterocycles. The van der Waals surface area contributed by atoms with Crippen LogP contribution in [0.4, 0.5) is 0 Å². The van der Waals surface area contributed by atoms with Crippen molar-refractivity contribution in [1.82, 2.24) is 10.2 Å². The second-order valence-corrected chi connectivity index (χ2v) is 5.02. The van der Waals surface area contributed by atoms with Gasteiger partial charge in [0, 0.05) is 11.6 Å². The third-order valence-electron chi connectivity index (χ3n) is 3.68.